The van der Waals surface area contributed by atoms with Crippen molar-refractivity contribution in [3.05, 3.63) is 29.8 Å². The van der Waals surface area contributed by atoms with Gasteiger partial charge in [0.15, 0.2) is 5.78 Å². The molecule has 2 N–H and O–H groups in total. The first-order valence-corrected chi connectivity index (χ1v) is 7.77. The van der Waals surface area contributed by atoms with Gasteiger partial charge >= 0.3 is 6.03 Å². The molecule has 0 spiro atoms. The summed E-state index contributed by atoms with van der Waals surface area (Å²) in [6, 6.07) is 6.74. The van der Waals surface area contributed by atoms with Gasteiger partial charge in [0.25, 0.3) is 0 Å². The van der Waals surface area contributed by atoms with Crippen LogP contribution in [0.15, 0.2) is 24.3 Å². The van der Waals surface area contributed by atoms with Crippen LogP contribution in [-0.4, -0.2) is 28.9 Å². The van der Waals surface area contributed by atoms with Gasteiger partial charge in [-0.25, -0.2) is 4.79 Å². The zero-order chi connectivity index (χ0) is 14.6. The van der Waals surface area contributed by atoms with Crippen LogP contribution in [-0.2, 0) is 0 Å². The SMILES string of the molecule is CC(=O)c1cccc(NC(=O)NCC2(C)CCCS2)c1. The van der Waals surface area contributed by atoms with Crippen molar-refractivity contribution in [1.82, 2.24) is 5.32 Å². The number of hydrogen-bond acceptors (Lipinski definition) is 3. The van der Waals surface area contributed by atoms with Crippen LogP contribution in [0.1, 0.15) is 37.0 Å². The number of ketones is 1. The standard InChI is InChI=1S/C15H20N2O2S/c1-11(18)12-5-3-6-13(9-12)17-14(19)16-10-15(2)7-4-8-20-15/h3,5-6,9H,4,7-8,10H2,1-2H3,(H2,16,17,19). The molecular formula is C15H20N2O2S. The van der Waals surface area contributed by atoms with Crippen LogP contribution < -0.4 is 10.6 Å². The molecule has 1 saturated heterocycles. The highest BCUT2D eigenvalue weighted by molar-refractivity contribution is 8.00. The zero-order valence-electron chi connectivity index (χ0n) is 11.9. The number of urea groups is 1. The summed E-state index contributed by atoms with van der Waals surface area (Å²) < 4.78 is 0.151. The Balaban J connectivity index is 1.88. The molecule has 1 aliphatic heterocycles. The Bertz CT molecular complexity index is 510. The lowest BCUT2D eigenvalue weighted by molar-refractivity contribution is 0.101. The lowest BCUT2D eigenvalue weighted by Gasteiger charge is -2.22. The first kappa shape index (κ1) is 14.9. The fourth-order valence-corrected chi connectivity index (χ4v) is 3.48. The van der Waals surface area contributed by atoms with Crippen LogP contribution in [0.4, 0.5) is 10.5 Å². The van der Waals surface area contributed by atoms with Gasteiger partial charge in [-0.05, 0) is 44.6 Å². The number of carbonyl (C=O) groups is 2. The minimum Gasteiger partial charge on any atom is -0.336 e. The van der Waals surface area contributed by atoms with E-state index < -0.39 is 0 Å². The quantitative estimate of drug-likeness (QED) is 0.837. The van der Waals surface area contributed by atoms with Crippen LogP contribution in [0, 0.1) is 0 Å². The van der Waals surface area contributed by atoms with Crippen molar-refractivity contribution in [2.24, 2.45) is 0 Å². The number of carbonyl (C=O) groups excluding carboxylic acids is 2. The molecule has 1 aliphatic rings. The molecule has 1 aromatic carbocycles. The van der Waals surface area contributed by atoms with Gasteiger partial charge < -0.3 is 10.6 Å². The Hall–Kier alpha value is -1.49. The van der Waals surface area contributed by atoms with E-state index in [9.17, 15) is 9.59 Å². The minimum absolute atomic E-state index is 0.0103. The highest BCUT2D eigenvalue weighted by atomic mass is 32.2. The number of nitrogens with one attached hydrogen (secondary N) is 2. The Kier molecular flexibility index (Phi) is 4.70. The molecule has 1 unspecified atom stereocenters. The van der Waals surface area contributed by atoms with E-state index in [1.165, 1.54) is 19.1 Å². The summed E-state index contributed by atoms with van der Waals surface area (Å²) in [5, 5.41) is 5.67. The number of anilines is 1. The van der Waals surface area contributed by atoms with Gasteiger partial charge in [-0.15, -0.1) is 0 Å². The third-order valence-electron chi connectivity index (χ3n) is 3.45. The fourth-order valence-electron chi connectivity index (χ4n) is 2.23. The van der Waals surface area contributed by atoms with E-state index >= 15 is 0 Å². The molecule has 0 radical (unpaired) electrons. The van der Waals surface area contributed by atoms with Crippen molar-refractivity contribution in [3.63, 3.8) is 0 Å². The van der Waals surface area contributed by atoms with E-state index in [2.05, 4.69) is 17.6 Å². The van der Waals surface area contributed by atoms with Gasteiger partial charge in [0, 0.05) is 22.5 Å². The average Bonchev–Trinajstić information content (AvgIpc) is 2.84. The van der Waals surface area contributed by atoms with Crippen molar-refractivity contribution in [1.29, 1.82) is 0 Å². The van der Waals surface area contributed by atoms with Crippen LogP contribution in [0.5, 0.6) is 0 Å². The van der Waals surface area contributed by atoms with Gasteiger partial charge in [-0.3, -0.25) is 4.79 Å². The summed E-state index contributed by atoms with van der Waals surface area (Å²) >= 11 is 1.91. The van der Waals surface area contributed by atoms with Crippen molar-refractivity contribution in [2.45, 2.75) is 31.4 Å². The third-order valence-corrected chi connectivity index (χ3v) is 4.99. The number of amides is 2. The summed E-state index contributed by atoms with van der Waals surface area (Å²) in [5.74, 6) is 1.16. The maximum absolute atomic E-state index is 11.9. The highest BCUT2D eigenvalue weighted by Crippen LogP contribution is 2.36. The summed E-state index contributed by atoms with van der Waals surface area (Å²) in [7, 11) is 0. The lowest BCUT2D eigenvalue weighted by atomic mass is 10.1. The molecule has 4 nitrogen and oxygen atoms in total. The smallest absolute Gasteiger partial charge is 0.319 e. The van der Waals surface area contributed by atoms with Crippen molar-refractivity contribution >= 4 is 29.3 Å². The van der Waals surface area contributed by atoms with Gasteiger partial charge in [0.2, 0.25) is 0 Å². The molecular weight excluding hydrogens is 272 g/mol. The first-order chi connectivity index (χ1) is 9.48. The maximum Gasteiger partial charge on any atom is 0.319 e. The lowest BCUT2D eigenvalue weighted by Crippen LogP contribution is -2.39. The molecule has 0 saturated carbocycles. The van der Waals surface area contributed by atoms with Crippen LogP contribution in [0.3, 0.4) is 0 Å². The second-order valence-electron chi connectivity index (χ2n) is 5.35. The van der Waals surface area contributed by atoms with Gasteiger partial charge in [0.05, 0.1) is 0 Å². The number of Topliss-reactive ketones (excluding diaryl/α,β-unsaturated/α-hetero) is 1. The van der Waals surface area contributed by atoms with E-state index in [4.69, 9.17) is 0 Å². The number of benzene rings is 1. The molecule has 5 heteroatoms. The number of rotatable bonds is 4. The minimum atomic E-state index is -0.223. The van der Waals surface area contributed by atoms with E-state index in [1.54, 1.807) is 24.3 Å². The van der Waals surface area contributed by atoms with Crippen LogP contribution >= 0.6 is 11.8 Å². The number of thioether (sulfide) groups is 1. The van der Waals surface area contributed by atoms with Gasteiger partial charge in [-0.1, -0.05) is 12.1 Å². The van der Waals surface area contributed by atoms with Crippen molar-refractivity contribution in [3.8, 4) is 0 Å². The highest BCUT2D eigenvalue weighted by Gasteiger charge is 2.29. The summed E-state index contributed by atoms with van der Waals surface area (Å²) in [4.78, 5) is 23.2. The fraction of sp³-hybridized carbons (Fsp3) is 0.467. The summed E-state index contributed by atoms with van der Waals surface area (Å²) in [6.45, 7) is 4.36. The Labute approximate surface area is 123 Å². The van der Waals surface area contributed by atoms with E-state index in [0.29, 0.717) is 17.8 Å². The molecule has 0 aliphatic carbocycles. The molecule has 0 bridgehead atoms. The molecule has 0 aromatic heterocycles. The zero-order valence-corrected chi connectivity index (χ0v) is 12.7. The number of hydrogen-bond donors (Lipinski definition) is 2. The predicted molar refractivity (Wildman–Crippen MR) is 83.6 cm³/mol. The summed E-state index contributed by atoms with van der Waals surface area (Å²) in [5.41, 5.74) is 1.24. The van der Waals surface area contributed by atoms with Crippen molar-refractivity contribution < 1.29 is 9.59 Å². The van der Waals surface area contributed by atoms with Gasteiger partial charge in [0.1, 0.15) is 0 Å². The van der Waals surface area contributed by atoms with E-state index in [-0.39, 0.29) is 16.6 Å². The Morgan fingerprint density at radius 3 is 2.85 bits per heavy atom. The maximum atomic E-state index is 11.9. The molecule has 2 rings (SSSR count). The molecule has 1 heterocycles. The Morgan fingerprint density at radius 1 is 1.40 bits per heavy atom. The molecule has 1 fully saturated rings. The normalized spacial score (nSPS) is 21.5. The second-order valence-corrected chi connectivity index (χ2v) is 7.03. The third kappa shape index (κ3) is 4.00. The second kappa shape index (κ2) is 6.31. The van der Waals surface area contributed by atoms with E-state index in [0.717, 1.165) is 6.42 Å². The summed E-state index contributed by atoms with van der Waals surface area (Å²) in [6.07, 6.45) is 2.35. The largest absolute Gasteiger partial charge is 0.336 e. The van der Waals surface area contributed by atoms with Crippen LogP contribution in [0.25, 0.3) is 0 Å². The molecule has 1 atom stereocenters. The molecule has 1 aromatic rings. The average molecular weight is 292 g/mol. The van der Waals surface area contributed by atoms with E-state index in [1.807, 2.05) is 11.8 Å². The van der Waals surface area contributed by atoms with Crippen LogP contribution in [0.2, 0.25) is 0 Å². The molecule has 2 amide bonds. The predicted octanol–water partition coefficient (Wildman–Crippen LogP) is 3.30. The monoisotopic (exact) mass is 292 g/mol. The van der Waals surface area contributed by atoms with Crippen molar-refractivity contribution in [2.75, 3.05) is 17.6 Å². The molecule has 20 heavy (non-hydrogen) atoms. The van der Waals surface area contributed by atoms with Gasteiger partial charge in [-0.2, -0.15) is 11.8 Å². The first-order valence-electron chi connectivity index (χ1n) is 6.78. The topological polar surface area (TPSA) is 58.2 Å². The Morgan fingerprint density at radius 2 is 2.20 bits per heavy atom. The molecule has 108 valence electrons.